The Morgan fingerprint density at radius 2 is 2.18 bits per heavy atom. The van der Waals surface area contributed by atoms with Crippen LogP contribution in [0, 0.1) is 3.57 Å². The molecule has 1 heterocycles. The number of nitrogens with one attached hydrogen (secondary N) is 1. The minimum Gasteiger partial charge on any atom is -0.345 e. The van der Waals surface area contributed by atoms with Crippen LogP contribution in [0.3, 0.4) is 0 Å². The second-order valence-electron chi connectivity index (χ2n) is 2.06. The molecule has 0 fully saturated rings. The van der Waals surface area contributed by atoms with Crippen molar-refractivity contribution in [3.63, 3.8) is 0 Å². The Hall–Kier alpha value is -0.290. The number of imidazole rings is 1. The van der Waals surface area contributed by atoms with E-state index in [1.54, 1.807) is 6.33 Å². The summed E-state index contributed by atoms with van der Waals surface area (Å²) in [5.41, 5.74) is 2.13. The number of rotatable bonds is 0. The van der Waals surface area contributed by atoms with Gasteiger partial charge in [-0.3, -0.25) is 0 Å². The normalized spacial score (nSPS) is 9.55. The standard InChI is InChI=1S/C7H5IN2.ClH/c8-5-1-2-6-7(3-5)10-4-9-6;/h1-4H,(H,9,10);1H. The molecule has 0 aliphatic carbocycles. The number of aromatic amines is 1. The minimum atomic E-state index is 0. The summed E-state index contributed by atoms with van der Waals surface area (Å²) in [5, 5.41) is 0. The van der Waals surface area contributed by atoms with E-state index in [0.29, 0.717) is 0 Å². The molecule has 4 heteroatoms. The number of halogens is 2. The first-order chi connectivity index (χ1) is 4.86. The topological polar surface area (TPSA) is 28.7 Å². The van der Waals surface area contributed by atoms with Gasteiger partial charge in [0.25, 0.3) is 0 Å². The zero-order valence-electron chi connectivity index (χ0n) is 5.54. The van der Waals surface area contributed by atoms with Crippen LogP contribution in [0.15, 0.2) is 24.5 Å². The summed E-state index contributed by atoms with van der Waals surface area (Å²) in [7, 11) is 0. The van der Waals surface area contributed by atoms with Crippen LogP contribution in [0.1, 0.15) is 0 Å². The van der Waals surface area contributed by atoms with E-state index < -0.39 is 0 Å². The molecule has 1 aromatic carbocycles. The largest absolute Gasteiger partial charge is 0.345 e. The number of hydrogen-bond acceptors (Lipinski definition) is 1. The lowest BCUT2D eigenvalue weighted by atomic mass is 10.3. The summed E-state index contributed by atoms with van der Waals surface area (Å²) < 4.78 is 1.23. The van der Waals surface area contributed by atoms with Crippen LogP contribution >= 0.6 is 35.0 Å². The Balaban J connectivity index is 0.000000605. The molecule has 0 amide bonds. The zero-order valence-corrected chi connectivity index (χ0v) is 8.52. The highest BCUT2D eigenvalue weighted by Crippen LogP contribution is 2.12. The highest BCUT2D eigenvalue weighted by atomic mass is 127. The van der Waals surface area contributed by atoms with Crippen LogP contribution in [-0.4, -0.2) is 9.97 Å². The summed E-state index contributed by atoms with van der Waals surface area (Å²) in [6, 6.07) is 6.13. The highest BCUT2D eigenvalue weighted by molar-refractivity contribution is 14.1. The first-order valence-corrected chi connectivity index (χ1v) is 4.03. The van der Waals surface area contributed by atoms with Crippen molar-refractivity contribution in [3.05, 3.63) is 28.1 Å². The van der Waals surface area contributed by atoms with Crippen LogP contribution in [0.5, 0.6) is 0 Å². The lowest BCUT2D eigenvalue weighted by Gasteiger charge is -1.87. The molecule has 0 saturated carbocycles. The predicted octanol–water partition coefficient (Wildman–Crippen LogP) is 2.59. The van der Waals surface area contributed by atoms with Gasteiger partial charge in [-0.1, -0.05) is 0 Å². The molecule has 2 aromatic rings. The summed E-state index contributed by atoms with van der Waals surface area (Å²) in [5.74, 6) is 0. The molecule has 1 aromatic heterocycles. The van der Waals surface area contributed by atoms with Crippen LogP contribution in [0.2, 0.25) is 0 Å². The molecule has 58 valence electrons. The van der Waals surface area contributed by atoms with E-state index in [1.165, 1.54) is 3.57 Å². The van der Waals surface area contributed by atoms with Crippen molar-refractivity contribution in [2.45, 2.75) is 0 Å². The Morgan fingerprint density at radius 3 is 3.00 bits per heavy atom. The Morgan fingerprint density at radius 1 is 1.36 bits per heavy atom. The van der Waals surface area contributed by atoms with Crippen molar-refractivity contribution in [2.75, 3.05) is 0 Å². The van der Waals surface area contributed by atoms with Gasteiger partial charge in [0.2, 0.25) is 0 Å². The fourth-order valence-electron chi connectivity index (χ4n) is 0.908. The van der Waals surface area contributed by atoms with E-state index >= 15 is 0 Å². The molecular weight excluding hydrogens is 274 g/mol. The average Bonchev–Trinajstić information content (AvgIpc) is 2.33. The Bertz CT molecular complexity index is 358. The number of hydrogen-bond donors (Lipinski definition) is 1. The smallest absolute Gasteiger partial charge is 0.0931 e. The van der Waals surface area contributed by atoms with Crippen LogP contribution in [0.4, 0.5) is 0 Å². The molecular formula is C7H6ClIN2. The Labute approximate surface area is 84.0 Å². The molecule has 0 saturated heterocycles. The number of H-pyrrole nitrogens is 1. The van der Waals surface area contributed by atoms with Crippen LogP contribution in [0.25, 0.3) is 11.0 Å². The summed E-state index contributed by atoms with van der Waals surface area (Å²) in [6.45, 7) is 0. The third kappa shape index (κ3) is 1.65. The first kappa shape index (κ1) is 8.80. The van der Waals surface area contributed by atoms with Gasteiger partial charge in [-0.25, -0.2) is 4.98 Å². The van der Waals surface area contributed by atoms with Gasteiger partial charge >= 0.3 is 0 Å². The van der Waals surface area contributed by atoms with Crippen molar-refractivity contribution in [1.82, 2.24) is 9.97 Å². The summed E-state index contributed by atoms with van der Waals surface area (Å²) in [6.07, 6.45) is 1.71. The van der Waals surface area contributed by atoms with Crippen molar-refractivity contribution >= 4 is 46.0 Å². The van der Waals surface area contributed by atoms with Crippen LogP contribution < -0.4 is 0 Å². The molecule has 2 rings (SSSR count). The van der Waals surface area contributed by atoms with E-state index in [4.69, 9.17) is 0 Å². The lowest BCUT2D eigenvalue weighted by molar-refractivity contribution is 1.34. The third-order valence-electron chi connectivity index (χ3n) is 1.38. The van der Waals surface area contributed by atoms with E-state index in [9.17, 15) is 0 Å². The third-order valence-corrected chi connectivity index (χ3v) is 2.05. The molecule has 0 aliphatic rings. The zero-order chi connectivity index (χ0) is 6.97. The minimum absolute atomic E-state index is 0. The van der Waals surface area contributed by atoms with Gasteiger partial charge in [-0.15, -0.1) is 12.4 Å². The van der Waals surface area contributed by atoms with Gasteiger partial charge in [0.05, 0.1) is 17.4 Å². The van der Waals surface area contributed by atoms with Crippen LogP contribution in [-0.2, 0) is 0 Å². The van der Waals surface area contributed by atoms with E-state index in [0.717, 1.165) is 11.0 Å². The molecule has 0 unspecified atom stereocenters. The fourth-order valence-corrected chi connectivity index (χ4v) is 1.40. The van der Waals surface area contributed by atoms with E-state index in [2.05, 4.69) is 38.6 Å². The van der Waals surface area contributed by atoms with Crippen molar-refractivity contribution in [3.8, 4) is 0 Å². The maximum absolute atomic E-state index is 4.10. The molecule has 0 aliphatic heterocycles. The Kier molecular flexibility index (Phi) is 2.72. The maximum atomic E-state index is 4.10. The first-order valence-electron chi connectivity index (χ1n) is 2.95. The molecule has 2 nitrogen and oxygen atoms in total. The summed E-state index contributed by atoms with van der Waals surface area (Å²) >= 11 is 2.28. The number of nitrogens with zero attached hydrogens (tertiary/aromatic N) is 1. The molecule has 0 spiro atoms. The monoisotopic (exact) mass is 280 g/mol. The maximum Gasteiger partial charge on any atom is 0.0931 e. The molecule has 11 heavy (non-hydrogen) atoms. The number of fused-ring (bicyclic) bond motifs is 1. The van der Waals surface area contributed by atoms with Crippen molar-refractivity contribution < 1.29 is 0 Å². The van der Waals surface area contributed by atoms with Gasteiger partial charge < -0.3 is 4.98 Å². The molecule has 0 radical (unpaired) electrons. The number of aromatic nitrogens is 2. The van der Waals surface area contributed by atoms with E-state index in [1.807, 2.05) is 12.1 Å². The summed E-state index contributed by atoms with van der Waals surface area (Å²) in [4.78, 5) is 7.15. The molecule has 0 bridgehead atoms. The van der Waals surface area contributed by atoms with E-state index in [-0.39, 0.29) is 12.4 Å². The SMILES string of the molecule is Cl.Ic1ccc2nc[nH]c2c1. The van der Waals surface area contributed by atoms with Gasteiger partial charge in [0.15, 0.2) is 0 Å². The molecule has 0 atom stereocenters. The number of benzene rings is 1. The lowest BCUT2D eigenvalue weighted by Crippen LogP contribution is -1.70. The van der Waals surface area contributed by atoms with Gasteiger partial charge in [-0.2, -0.15) is 0 Å². The second-order valence-corrected chi connectivity index (χ2v) is 3.31. The fraction of sp³-hybridized carbons (Fsp3) is 0. The second kappa shape index (κ2) is 3.40. The average molecular weight is 280 g/mol. The van der Waals surface area contributed by atoms with Crippen molar-refractivity contribution in [2.24, 2.45) is 0 Å². The van der Waals surface area contributed by atoms with Crippen molar-refractivity contribution in [1.29, 1.82) is 0 Å². The quantitative estimate of drug-likeness (QED) is 0.738. The molecule has 1 N–H and O–H groups in total. The van der Waals surface area contributed by atoms with Gasteiger partial charge in [0.1, 0.15) is 0 Å². The van der Waals surface area contributed by atoms with Gasteiger partial charge in [0, 0.05) is 3.57 Å². The highest BCUT2D eigenvalue weighted by Gasteiger charge is 1.93. The predicted molar refractivity (Wildman–Crippen MR) is 56.1 cm³/mol. The van der Waals surface area contributed by atoms with Gasteiger partial charge in [-0.05, 0) is 40.8 Å².